The topological polar surface area (TPSA) is 44.0 Å². The van der Waals surface area contributed by atoms with Crippen LogP contribution >= 0.6 is 0 Å². The van der Waals surface area contributed by atoms with E-state index in [1.165, 1.54) is 6.42 Å². The lowest BCUT2D eigenvalue weighted by Gasteiger charge is -2.37. The lowest BCUT2D eigenvalue weighted by atomic mass is 9.71. The smallest absolute Gasteiger partial charge is 0.0828 e. The minimum absolute atomic E-state index is 0.614. The number of hydrogen-bond acceptors (Lipinski definition) is 2. The zero-order valence-electron chi connectivity index (χ0n) is 9.51. The van der Waals surface area contributed by atoms with Crippen LogP contribution in [0.25, 0.3) is 0 Å². The van der Waals surface area contributed by atoms with Crippen molar-refractivity contribution in [1.29, 1.82) is 5.26 Å². The summed E-state index contributed by atoms with van der Waals surface area (Å²) in [5.41, 5.74) is -1.39. The molecule has 1 N–H and O–H groups in total. The Morgan fingerprint density at radius 1 is 1.36 bits per heavy atom. The van der Waals surface area contributed by atoms with Gasteiger partial charge >= 0.3 is 0 Å². The fourth-order valence-corrected chi connectivity index (χ4v) is 2.23. The van der Waals surface area contributed by atoms with Gasteiger partial charge in [-0.1, -0.05) is 19.8 Å². The Hall–Kier alpha value is -0.550. The minimum Gasteiger partial charge on any atom is -0.388 e. The van der Waals surface area contributed by atoms with E-state index >= 15 is 0 Å². The highest BCUT2D eigenvalue weighted by atomic mass is 16.3. The molecular weight excluding hydrogens is 174 g/mol. The third kappa shape index (κ3) is 2.09. The molecule has 2 heteroatoms. The van der Waals surface area contributed by atoms with Crippen LogP contribution < -0.4 is 0 Å². The highest BCUT2D eigenvalue weighted by Gasteiger charge is 2.44. The molecule has 0 bridgehead atoms. The molecule has 0 spiro atoms. The SMILES string of the molecule is CC1CCCC(O)(C(C)(C)C#N)CC1. The summed E-state index contributed by atoms with van der Waals surface area (Å²) >= 11 is 0. The monoisotopic (exact) mass is 195 g/mol. The first kappa shape index (κ1) is 11.5. The van der Waals surface area contributed by atoms with E-state index in [0.29, 0.717) is 5.92 Å². The van der Waals surface area contributed by atoms with Crippen molar-refractivity contribution in [1.82, 2.24) is 0 Å². The summed E-state index contributed by atoms with van der Waals surface area (Å²) in [6, 6.07) is 2.24. The molecule has 1 aliphatic rings. The first-order valence-corrected chi connectivity index (χ1v) is 5.55. The molecule has 0 aromatic heterocycles. The van der Waals surface area contributed by atoms with Gasteiger partial charge in [-0.15, -0.1) is 0 Å². The van der Waals surface area contributed by atoms with Crippen LogP contribution in [0.4, 0.5) is 0 Å². The Balaban J connectivity index is 2.79. The van der Waals surface area contributed by atoms with Crippen LogP contribution in [0.2, 0.25) is 0 Å². The van der Waals surface area contributed by atoms with E-state index in [2.05, 4.69) is 13.0 Å². The lowest BCUT2D eigenvalue weighted by molar-refractivity contribution is -0.0517. The molecule has 80 valence electrons. The van der Waals surface area contributed by atoms with Crippen molar-refractivity contribution in [2.24, 2.45) is 11.3 Å². The Kier molecular flexibility index (Phi) is 3.21. The van der Waals surface area contributed by atoms with Gasteiger partial charge in [0, 0.05) is 0 Å². The second-order valence-corrected chi connectivity index (χ2v) is 5.30. The first-order chi connectivity index (χ1) is 6.41. The lowest BCUT2D eigenvalue weighted by Crippen LogP contribution is -2.43. The Bertz CT molecular complexity index is 241. The molecule has 2 atom stereocenters. The van der Waals surface area contributed by atoms with Crippen molar-refractivity contribution < 1.29 is 5.11 Å². The van der Waals surface area contributed by atoms with Crippen LogP contribution in [0.15, 0.2) is 0 Å². The largest absolute Gasteiger partial charge is 0.388 e. The van der Waals surface area contributed by atoms with Crippen LogP contribution in [-0.4, -0.2) is 10.7 Å². The van der Waals surface area contributed by atoms with Gasteiger partial charge in [-0.2, -0.15) is 5.26 Å². The third-order valence-corrected chi connectivity index (χ3v) is 3.78. The van der Waals surface area contributed by atoms with E-state index in [1.807, 2.05) is 13.8 Å². The maximum atomic E-state index is 10.5. The molecule has 0 amide bonds. The Morgan fingerprint density at radius 2 is 2.00 bits per heavy atom. The standard InChI is InChI=1S/C12H21NO/c1-10-5-4-7-12(14,8-6-10)11(2,3)9-13/h10,14H,4-8H2,1-3H3. The highest BCUT2D eigenvalue weighted by Crippen LogP contribution is 2.41. The van der Waals surface area contributed by atoms with E-state index in [9.17, 15) is 5.11 Å². The third-order valence-electron chi connectivity index (χ3n) is 3.78. The average Bonchev–Trinajstić information content (AvgIpc) is 2.30. The van der Waals surface area contributed by atoms with Gasteiger partial charge in [0.1, 0.15) is 0 Å². The van der Waals surface area contributed by atoms with Crippen LogP contribution in [0.5, 0.6) is 0 Å². The van der Waals surface area contributed by atoms with Gasteiger partial charge in [0.15, 0.2) is 0 Å². The van der Waals surface area contributed by atoms with Gasteiger partial charge in [-0.05, 0) is 39.0 Å². The summed E-state index contributed by atoms with van der Waals surface area (Å²) in [5.74, 6) is 0.693. The zero-order chi connectivity index (χ0) is 10.8. The predicted octanol–water partition coefficient (Wildman–Crippen LogP) is 2.87. The molecule has 2 nitrogen and oxygen atoms in total. The summed E-state index contributed by atoms with van der Waals surface area (Å²) < 4.78 is 0. The van der Waals surface area contributed by atoms with Crippen LogP contribution in [0.3, 0.4) is 0 Å². The minimum atomic E-state index is -0.771. The molecule has 0 saturated heterocycles. The van der Waals surface area contributed by atoms with Crippen molar-refractivity contribution in [3.05, 3.63) is 0 Å². The maximum Gasteiger partial charge on any atom is 0.0828 e. The van der Waals surface area contributed by atoms with Crippen molar-refractivity contribution >= 4 is 0 Å². The number of aliphatic hydroxyl groups is 1. The molecule has 0 heterocycles. The molecule has 0 aromatic carbocycles. The number of rotatable bonds is 1. The van der Waals surface area contributed by atoms with Crippen LogP contribution in [0, 0.1) is 22.7 Å². The van der Waals surface area contributed by atoms with E-state index in [1.54, 1.807) is 0 Å². The second-order valence-electron chi connectivity index (χ2n) is 5.30. The molecule has 0 aliphatic heterocycles. The molecule has 1 rings (SSSR count). The van der Waals surface area contributed by atoms with Crippen LogP contribution in [-0.2, 0) is 0 Å². The van der Waals surface area contributed by atoms with Gasteiger partial charge in [0.25, 0.3) is 0 Å². The molecule has 1 fully saturated rings. The quantitative estimate of drug-likeness (QED) is 0.654. The summed E-state index contributed by atoms with van der Waals surface area (Å²) in [5, 5.41) is 19.5. The molecule has 1 saturated carbocycles. The molecular formula is C12H21NO. The second kappa shape index (κ2) is 3.90. The maximum absolute atomic E-state index is 10.5. The van der Waals surface area contributed by atoms with Gasteiger partial charge in [-0.25, -0.2) is 0 Å². The zero-order valence-corrected chi connectivity index (χ0v) is 9.51. The van der Waals surface area contributed by atoms with Gasteiger partial charge in [0.05, 0.1) is 17.1 Å². The van der Waals surface area contributed by atoms with Gasteiger partial charge in [0.2, 0.25) is 0 Å². The van der Waals surface area contributed by atoms with E-state index < -0.39 is 11.0 Å². The summed E-state index contributed by atoms with van der Waals surface area (Å²) in [6.45, 7) is 5.93. The van der Waals surface area contributed by atoms with Gasteiger partial charge in [-0.3, -0.25) is 0 Å². The highest BCUT2D eigenvalue weighted by molar-refractivity contribution is 5.07. The summed E-state index contributed by atoms with van der Waals surface area (Å²) in [6.07, 6.45) is 4.82. The van der Waals surface area contributed by atoms with Crippen molar-refractivity contribution in [3.8, 4) is 6.07 Å². The predicted molar refractivity (Wildman–Crippen MR) is 56.6 cm³/mol. The molecule has 0 aromatic rings. The Labute approximate surface area is 86.9 Å². The molecule has 14 heavy (non-hydrogen) atoms. The van der Waals surface area contributed by atoms with E-state index in [0.717, 1.165) is 25.7 Å². The fraction of sp³-hybridized carbons (Fsp3) is 0.917. The number of nitriles is 1. The van der Waals surface area contributed by atoms with Crippen LogP contribution in [0.1, 0.15) is 52.9 Å². The van der Waals surface area contributed by atoms with E-state index in [-0.39, 0.29) is 0 Å². The van der Waals surface area contributed by atoms with E-state index in [4.69, 9.17) is 5.26 Å². The van der Waals surface area contributed by atoms with Crippen molar-refractivity contribution in [3.63, 3.8) is 0 Å². The summed E-state index contributed by atoms with van der Waals surface area (Å²) in [7, 11) is 0. The van der Waals surface area contributed by atoms with Crippen molar-refractivity contribution in [2.45, 2.75) is 58.5 Å². The first-order valence-electron chi connectivity index (χ1n) is 5.55. The number of hydrogen-bond donors (Lipinski definition) is 1. The molecule has 2 unspecified atom stereocenters. The van der Waals surface area contributed by atoms with Crippen molar-refractivity contribution in [2.75, 3.05) is 0 Å². The summed E-state index contributed by atoms with van der Waals surface area (Å²) in [4.78, 5) is 0. The number of nitrogens with zero attached hydrogens (tertiary/aromatic N) is 1. The Morgan fingerprint density at radius 3 is 2.57 bits per heavy atom. The average molecular weight is 195 g/mol. The normalized spacial score (nSPS) is 34.6. The molecule has 0 radical (unpaired) electrons. The molecule has 1 aliphatic carbocycles. The fourth-order valence-electron chi connectivity index (χ4n) is 2.23. The van der Waals surface area contributed by atoms with Gasteiger partial charge < -0.3 is 5.11 Å².